The highest BCUT2D eigenvalue weighted by atomic mass is 19.1. The summed E-state index contributed by atoms with van der Waals surface area (Å²) in [6.45, 7) is 3.14. The molecule has 2 rings (SSSR count). The highest BCUT2D eigenvalue weighted by molar-refractivity contribution is 5.85. The van der Waals surface area contributed by atoms with Crippen molar-refractivity contribution < 1.29 is 42.9 Å². The Morgan fingerprint density at radius 2 is 1.93 bits per heavy atom. The van der Waals surface area contributed by atoms with E-state index in [1.807, 2.05) is 0 Å². The predicted molar refractivity (Wildman–Crippen MR) is 95.3 cm³/mol. The van der Waals surface area contributed by atoms with Gasteiger partial charge >= 0.3 is 18.0 Å². The van der Waals surface area contributed by atoms with E-state index in [1.165, 1.54) is 30.3 Å². The smallest absolute Gasteiger partial charge is 0.407 e. The van der Waals surface area contributed by atoms with Crippen LogP contribution in [0.25, 0.3) is 0 Å². The Bertz CT molecular complexity index is 770. The van der Waals surface area contributed by atoms with E-state index < -0.39 is 54.0 Å². The number of aliphatic carboxylic acids is 2. The van der Waals surface area contributed by atoms with Gasteiger partial charge in [0.15, 0.2) is 0 Å². The summed E-state index contributed by atoms with van der Waals surface area (Å²) in [6, 6.07) is 3.92. The van der Waals surface area contributed by atoms with E-state index in [4.69, 9.17) is 9.84 Å². The van der Waals surface area contributed by atoms with Gasteiger partial charge in [0.2, 0.25) is 5.67 Å². The molecular formula is C19H21F2NO7. The first-order valence-electron chi connectivity index (χ1n) is 8.72. The van der Waals surface area contributed by atoms with Gasteiger partial charge < -0.3 is 25.0 Å². The van der Waals surface area contributed by atoms with Crippen LogP contribution in [-0.4, -0.2) is 52.7 Å². The number of hydrogen-bond donors (Lipinski definition) is 3. The molecule has 0 aromatic heterocycles. The summed E-state index contributed by atoms with van der Waals surface area (Å²) in [5.41, 5.74) is -2.20. The maximum atomic E-state index is 14.8. The van der Waals surface area contributed by atoms with Crippen LogP contribution in [0.5, 0.6) is 0 Å². The molecule has 1 aliphatic rings. The van der Waals surface area contributed by atoms with E-state index in [-0.39, 0.29) is 19.6 Å². The van der Waals surface area contributed by atoms with Crippen molar-refractivity contribution in [1.29, 1.82) is 0 Å². The number of alkyl halides is 1. The van der Waals surface area contributed by atoms with Crippen LogP contribution >= 0.6 is 0 Å². The SMILES string of the molecule is C=CCOC(=O)NC1C(CC(CC(=O)O)OCc2ccc(F)cc2)C1(F)C(=O)O. The lowest BCUT2D eigenvalue weighted by molar-refractivity contribution is -0.145. The summed E-state index contributed by atoms with van der Waals surface area (Å²) in [7, 11) is 0. The molecule has 1 saturated carbocycles. The molecule has 1 aromatic carbocycles. The number of carbonyl (C=O) groups excluding carboxylic acids is 1. The van der Waals surface area contributed by atoms with Crippen LogP contribution in [0.3, 0.4) is 0 Å². The monoisotopic (exact) mass is 413 g/mol. The van der Waals surface area contributed by atoms with Crippen molar-refractivity contribution >= 4 is 18.0 Å². The van der Waals surface area contributed by atoms with E-state index in [2.05, 4.69) is 16.6 Å². The lowest BCUT2D eigenvalue weighted by atomic mass is 10.1. The second kappa shape index (κ2) is 9.46. The number of carbonyl (C=O) groups is 3. The van der Waals surface area contributed by atoms with Gasteiger partial charge in [0.05, 0.1) is 25.2 Å². The number of rotatable bonds is 11. The first-order valence-corrected chi connectivity index (χ1v) is 8.72. The highest BCUT2D eigenvalue weighted by Crippen LogP contribution is 2.51. The third-order valence-corrected chi connectivity index (χ3v) is 4.54. The Hall–Kier alpha value is -3.01. The van der Waals surface area contributed by atoms with Crippen LogP contribution in [0, 0.1) is 11.7 Å². The van der Waals surface area contributed by atoms with Crippen molar-refractivity contribution in [2.75, 3.05) is 6.61 Å². The Balaban J connectivity index is 2.03. The highest BCUT2D eigenvalue weighted by Gasteiger charge is 2.73. The van der Waals surface area contributed by atoms with Gasteiger partial charge in [-0.3, -0.25) is 4.79 Å². The van der Waals surface area contributed by atoms with Crippen molar-refractivity contribution in [2.45, 2.75) is 37.3 Å². The molecule has 10 heteroatoms. The average Bonchev–Trinajstić information content (AvgIpc) is 3.22. The van der Waals surface area contributed by atoms with Crippen molar-refractivity contribution in [3.8, 4) is 0 Å². The molecule has 4 unspecified atom stereocenters. The van der Waals surface area contributed by atoms with E-state index in [9.17, 15) is 28.3 Å². The molecule has 1 aliphatic carbocycles. The molecule has 29 heavy (non-hydrogen) atoms. The third-order valence-electron chi connectivity index (χ3n) is 4.54. The lowest BCUT2D eigenvalue weighted by Crippen LogP contribution is -2.34. The third kappa shape index (κ3) is 5.74. The molecule has 3 N–H and O–H groups in total. The van der Waals surface area contributed by atoms with E-state index in [1.54, 1.807) is 0 Å². The number of alkyl carbamates (subject to hydrolysis) is 1. The Labute approximate surface area is 165 Å². The Kier molecular flexibility index (Phi) is 7.27. The molecule has 0 saturated heterocycles. The number of halogens is 2. The zero-order valence-corrected chi connectivity index (χ0v) is 15.3. The van der Waals surface area contributed by atoms with Gasteiger partial charge in [-0.2, -0.15) is 0 Å². The maximum Gasteiger partial charge on any atom is 0.407 e. The minimum Gasteiger partial charge on any atom is -0.481 e. The quantitative estimate of drug-likeness (QED) is 0.476. The minimum absolute atomic E-state index is 0.0726. The number of carboxylic acids is 2. The van der Waals surface area contributed by atoms with Gasteiger partial charge in [0.1, 0.15) is 12.4 Å². The molecule has 0 radical (unpaired) electrons. The minimum atomic E-state index is -2.76. The predicted octanol–water partition coefficient (Wildman–Crippen LogP) is 2.28. The number of hydrogen-bond acceptors (Lipinski definition) is 5. The van der Waals surface area contributed by atoms with E-state index in [0.29, 0.717) is 5.56 Å². The molecule has 8 nitrogen and oxygen atoms in total. The number of benzene rings is 1. The fraction of sp³-hybridized carbons (Fsp3) is 0.421. The first kappa shape index (κ1) is 22.3. The molecule has 0 heterocycles. The molecule has 1 fully saturated rings. The standard InChI is InChI=1S/C19H21F2NO7/c1-2-7-28-18(27)22-16-14(19(16,21)17(25)26)8-13(9-15(23)24)29-10-11-3-5-12(20)6-4-11/h2-6,13-14,16H,1,7-10H2,(H,22,27)(H,23,24)(H,25,26). The molecule has 1 aromatic rings. The van der Waals surface area contributed by atoms with Crippen molar-refractivity contribution in [3.05, 3.63) is 48.3 Å². The van der Waals surface area contributed by atoms with E-state index >= 15 is 0 Å². The molecule has 0 bridgehead atoms. The largest absolute Gasteiger partial charge is 0.481 e. The summed E-state index contributed by atoms with van der Waals surface area (Å²) in [5, 5.41) is 20.4. The van der Waals surface area contributed by atoms with Crippen LogP contribution in [0.15, 0.2) is 36.9 Å². The summed E-state index contributed by atoms with van der Waals surface area (Å²) in [6.07, 6.45) is -1.50. The van der Waals surface area contributed by atoms with Crippen molar-refractivity contribution in [3.63, 3.8) is 0 Å². The molecular weight excluding hydrogens is 392 g/mol. The van der Waals surface area contributed by atoms with Crippen molar-refractivity contribution in [2.24, 2.45) is 5.92 Å². The number of ether oxygens (including phenoxy) is 2. The van der Waals surface area contributed by atoms with E-state index in [0.717, 1.165) is 0 Å². The van der Waals surface area contributed by atoms with Crippen LogP contribution in [0.4, 0.5) is 13.6 Å². The fourth-order valence-corrected chi connectivity index (χ4v) is 3.02. The normalized spacial score (nSPS) is 23.7. The molecule has 4 atom stereocenters. The topological polar surface area (TPSA) is 122 Å². The van der Waals surface area contributed by atoms with Gasteiger partial charge in [-0.1, -0.05) is 24.8 Å². The first-order chi connectivity index (χ1) is 13.7. The summed E-state index contributed by atoms with van der Waals surface area (Å²) in [4.78, 5) is 34.1. The Morgan fingerprint density at radius 1 is 1.28 bits per heavy atom. The number of nitrogens with one attached hydrogen (secondary N) is 1. The van der Waals surface area contributed by atoms with Crippen molar-refractivity contribution in [1.82, 2.24) is 5.32 Å². The average molecular weight is 413 g/mol. The van der Waals surface area contributed by atoms with Gasteiger partial charge in [-0.25, -0.2) is 18.4 Å². The summed E-state index contributed by atoms with van der Waals surface area (Å²) >= 11 is 0. The molecule has 0 spiro atoms. The van der Waals surface area contributed by atoms with Gasteiger partial charge in [-0.05, 0) is 24.1 Å². The second-order valence-electron chi connectivity index (χ2n) is 6.58. The van der Waals surface area contributed by atoms with Crippen LogP contribution in [0.2, 0.25) is 0 Å². The summed E-state index contributed by atoms with van der Waals surface area (Å²) < 4.78 is 37.9. The zero-order valence-electron chi connectivity index (χ0n) is 15.3. The Morgan fingerprint density at radius 3 is 2.48 bits per heavy atom. The fourth-order valence-electron chi connectivity index (χ4n) is 3.02. The second-order valence-corrected chi connectivity index (χ2v) is 6.58. The maximum absolute atomic E-state index is 14.8. The van der Waals surface area contributed by atoms with Crippen LogP contribution in [0.1, 0.15) is 18.4 Å². The molecule has 1 amide bonds. The zero-order chi connectivity index (χ0) is 21.6. The van der Waals surface area contributed by atoms with Crippen LogP contribution < -0.4 is 5.32 Å². The van der Waals surface area contributed by atoms with Gasteiger partial charge in [0.25, 0.3) is 0 Å². The number of carboxylic acid groups (broad SMARTS) is 2. The van der Waals surface area contributed by atoms with Gasteiger partial charge in [0, 0.05) is 5.92 Å². The summed E-state index contributed by atoms with van der Waals surface area (Å²) in [5.74, 6) is -4.64. The van der Waals surface area contributed by atoms with Gasteiger partial charge in [-0.15, -0.1) is 0 Å². The molecule has 0 aliphatic heterocycles. The van der Waals surface area contributed by atoms with Crippen LogP contribution in [-0.2, 0) is 25.7 Å². The lowest BCUT2D eigenvalue weighted by Gasteiger charge is -2.16. The number of amides is 1. The molecule has 158 valence electrons.